The summed E-state index contributed by atoms with van der Waals surface area (Å²) in [7, 11) is 0. The van der Waals surface area contributed by atoms with Crippen LogP contribution in [0.4, 0.5) is 11.6 Å². The summed E-state index contributed by atoms with van der Waals surface area (Å²) in [4.78, 5) is 8.83. The molecule has 3 N–H and O–H groups in total. The number of rotatable bonds is 3. The van der Waals surface area contributed by atoms with E-state index in [-0.39, 0.29) is 5.54 Å². The van der Waals surface area contributed by atoms with Crippen molar-refractivity contribution in [1.29, 1.82) is 0 Å². The molecule has 4 fully saturated rings. The first-order valence-corrected chi connectivity index (χ1v) is 8.83. The summed E-state index contributed by atoms with van der Waals surface area (Å²) < 4.78 is 0. The van der Waals surface area contributed by atoms with Gasteiger partial charge in [0.1, 0.15) is 11.6 Å². The quantitative estimate of drug-likeness (QED) is 0.661. The molecule has 4 nitrogen and oxygen atoms in total. The third-order valence-corrected chi connectivity index (χ3v) is 5.89. The molecule has 0 amide bonds. The van der Waals surface area contributed by atoms with Gasteiger partial charge in [-0.1, -0.05) is 11.8 Å². The van der Waals surface area contributed by atoms with E-state index in [4.69, 9.17) is 5.73 Å². The molecule has 20 heavy (non-hydrogen) atoms. The van der Waals surface area contributed by atoms with Crippen molar-refractivity contribution >= 4 is 23.4 Å². The fourth-order valence-corrected chi connectivity index (χ4v) is 5.52. The minimum atomic E-state index is 0.283. The number of hydrogen-bond donors (Lipinski definition) is 2. The lowest BCUT2D eigenvalue weighted by atomic mass is 9.53. The monoisotopic (exact) mass is 290 g/mol. The van der Waals surface area contributed by atoms with Gasteiger partial charge in [-0.2, -0.15) is 0 Å². The molecule has 0 aromatic carbocycles. The van der Waals surface area contributed by atoms with Gasteiger partial charge in [-0.05, 0) is 62.5 Å². The summed E-state index contributed by atoms with van der Waals surface area (Å²) in [5.74, 6) is 4.30. The zero-order valence-corrected chi connectivity index (χ0v) is 12.7. The number of nitrogen functional groups attached to an aromatic ring is 1. The molecule has 0 atom stereocenters. The number of nitrogens with zero attached hydrogens (tertiary/aromatic N) is 2. The van der Waals surface area contributed by atoms with Crippen molar-refractivity contribution in [1.82, 2.24) is 9.97 Å². The van der Waals surface area contributed by atoms with Crippen LogP contribution in [-0.4, -0.2) is 21.8 Å². The molecule has 0 spiro atoms. The van der Waals surface area contributed by atoms with E-state index in [2.05, 4.69) is 15.3 Å². The molecule has 0 saturated heterocycles. The van der Waals surface area contributed by atoms with Gasteiger partial charge < -0.3 is 11.1 Å². The summed E-state index contributed by atoms with van der Waals surface area (Å²) in [6.07, 6.45) is 10.3. The second kappa shape index (κ2) is 4.52. The maximum atomic E-state index is 5.90. The van der Waals surface area contributed by atoms with E-state index in [1.165, 1.54) is 38.5 Å². The Balaban J connectivity index is 1.61. The van der Waals surface area contributed by atoms with Crippen LogP contribution in [-0.2, 0) is 0 Å². The highest BCUT2D eigenvalue weighted by Gasteiger charge is 2.51. The molecule has 1 aromatic rings. The van der Waals surface area contributed by atoms with Crippen LogP contribution in [0, 0.1) is 17.8 Å². The van der Waals surface area contributed by atoms with Crippen molar-refractivity contribution in [3.8, 4) is 0 Å². The van der Waals surface area contributed by atoms with Crippen LogP contribution in [0.2, 0.25) is 0 Å². The lowest BCUT2D eigenvalue weighted by molar-refractivity contribution is 0.0105. The van der Waals surface area contributed by atoms with Crippen LogP contribution in [0.1, 0.15) is 38.5 Å². The Labute approximate surface area is 124 Å². The molecule has 4 bridgehead atoms. The summed E-state index contributed by atoms with van der Waals surface area (Å²) in [5, 5.41) is 4.52. The number of thioether (sulfide) groups is 1. The average Bonchev–Trinajstić information content (AvgIpc) is 2.35. The van der Waals surface area contributed by atoms with Gasteiger partial charge >= 0.3 is 0 Å². The Morgan fingerprint density at radius 3 is 2.30 bits per heavy atom. The van der Waals surface area contributed by atoms with Crippen LogP contribution >= 0.6 is 11.8 Å². The fourth-order valence-electron chi connectivity index (χ4n) is 5.13. The lowest BCUT2D eigenvalue weighted by Crippen LogP contribution is -2.54. The lowest BCUT2D eigenvalue weighted by Gasteiger charge is -2.57. The first-order valence-electron chi connectivity index (χ1n) is 7.61. The molecule has 5 rings (SSSR count). The molecular formula is C15H22N4S. The highest BCUT2D eigenvalue weighted by molar-refractivity contribution is 7.98. The number of anilines is 2. The molecule has 4 saturated carbocycles. The Hall–Kier alpha value is -0.970. The normalized spacial score (nSPS) is 38.1. The summed E-state index contributed by atoms with van der Waals surface area (Å²) in [6, 6.07) is 1.89. The summed E-state index contributed by atoms with van der Waals surface area (Å²) in [5.41, 5.74) is 6.18. The van der Waals surface area contributed by atoms with Gasteiger partial charge in [0, 0.05) is 11.6 Å². The maximum Gasteiger partial charge on any atom is 0.191 e. The van der Waals surface area contributed by atoms with Crippen LogP contribution in [0.5, 0.6) is 0 Å². The van der Waals surface area contributed by atoms with E-state index in [1.54, 1.807) is 11.8 Å². The molecule has 0 aliphatic heterocycles. The van der Waals surface area contributed by atoms with Crippen LogP contribution in [0.15, 0.2) is 11.2 Å². The van der Waals surface area contributed by atoms with E-state index < -0.39 is 0 Å². The number of nitrogens with one attached hydrogen (secondary N) is 1. The first kappa shape index (κ1) is 12.7. The van der Waals surface area contributed by atoms with Gasteiger partial charge in [-0.15, -0.1) is 0 Å². The molecule has 0 radical (unpaired) electrons. The van der Waals surface area contributed by atoms with Gasteiger partial charge in [0.25, 0.3) is 0 Å². The predicted molar refractivity (Wildman–Crippen MR) is 82.8 cm³/mol. The van der Waals surface area contributed by atoms with E-state index >= 15 is 0 Å². The average molecular weight is 290 g/mol. The van der Waals surface area contributed by atoms with Crippen molar-refractivity contribution in [3.05, 3.63) is 6.07 Å². The minimum absolute atomic E-state index is 0.283. The van der Waals surface area contributed by atoms with Gasteiger partial charge in [0.2, 0.25) is 0 Å². The molecule has 0 unspecified atom stereocenters. The highest BCUT2D eigenvalue weighted by atomic mass is 32.2. The minimum Gasteiger partial charge on any atom is -0.383 e. The zero-order valence-electron chi connectivity index (χ0n) is 11.9. The first-order chi connectivity index (χ1) is 9.64. The Morgan fingerprint density at radius 1 is 1.15 bits per heavy atom. The zero-order chi connectivity index (χ0) is 13.7. The molecule has 108 valence electrons. The SMILES string of the molecule is CSc1nc(N)cc(NC23CC4CC(CC(C4)C2)C3)n1. The number of aromatic nitrogens is 2. The van der Waals surface area contributed by atoms with Crippen LogP contribution in [0.25, 0.3) is 0 Å². The van der Waals surface area contributed by atoms with Crippen molar-refractivity contribution in [2.75, 3.05) is 17.3 Å². The fraction of sp³-hybridized carbons (Fsp3) is 0.733. The molecule has 5 heteroatoms. The molecule has 4 aliphatic rings. The Morgan fingerprint density at radius 2 is 1.75 bits per heavy atom. The van der Waals surface area contributed by atoms with Crippen molar-refractivity contribution < 1.29 is 0 Å². The van der Waals surface area contributed by atoms with E-state index in [0.29, 0.717) is 5.82 Å². The molecule has 4 aliphatic carbocycles. The van der Waals surface area contributed by atoms with Crippen molar-refractivity contribution in [2.24, 2.45) is 17.8 Å². The third kappa shape index (κ3) is 2.16. The van der Waals surface area contributed by atoms with Crippen molar-refractivity contribution in [3.63, 3.8) is 0 Å². The van der Waals surface area contributed by atoms with E-state index in [1.807, 2.05) is 12.3 Å². The largest absolute Gasteiger partial charge is 0.383 e. The van der Waals surface area contributed by atoms with Gasteiger partial charge in [0.05, 0.1) is 0 Å². The van der Waals surface area contributed by atoms with E-state index in [9.17, 15) is 0 Å². The topological polar surface area (TPSA) is 63.8 Å². The second-order valence-electron chi connectivity index (χ2n) is 6.99. The standard InChI is InChI=1S/C15H22N4S/c1-20-14-17-12(16)5-13(18-14)19-15-6-9-2-10(7-15)4-11(3-9)8-15/h5,9-11H,2-4,6-8H2,1H3,(H3,16,17,18,19). The Bertz CT molecular complexity index is 495. The van der Waals surface area contributed by atoms with E-state index in [0.717, 1.165) is 28.7 Å². The highest BCUT2D eigenvalue weighted by Crippen LogP contribution is 2.56. The second-order valence-corrected chi connectivity index (χ2v) is 7.76. The van der Waals surface area contributed by atoms with Crippen LogP contribution in [0.3, 0.4) is 0 Å². The summed E-state index contributed by atoms with van der Waals surface area (Å²) in [6.45, 7) is 0. The van der Waals surface area contributed by atoms with Gasteiger partial charge in [0.15, 0.2) is 5.16 Å². The number of hydrogen-bond acceptors (Lipinski definition) is 5. The molecule has 1 heterocycles. The third-order valence-electron chi connectivity index (χ3n) is 5.34. The van der Waals surface area contributed by atoms with Crippen molar-refractivity contribution in [2.45, 2.75) is 49.2 Å². The molecular weight excluding hydrogens is 268 g/mol. The Kier molecular flexibility index (Phi) is 2.88. The predicted octanol–water partition coefficient (Wildman–Crippen LogP) is 3.16. The summed E-state index contributed by atoms with van der Waals surface area (Å²) >= 11 is 1.55. The smallest absolute Gasteiger partial charge is 0.191 e. The van der Waals surface area contributed by atoms with Crippen LogP contribution < -0.4 is 11.1 Å². The molecule has 1 aromatic heterocycles. The maximum absolute atomic E-state index is 5.90. The van der Waals surface area contributed by atoms with Gasteiger partial charge in [-0.3, -0.25) is 0 Å². The number of nitrogens with two attached hydrogens (primary N) is 1. The van der Waals surface area contributed by atoms with Gasteiger partial charge in [-0.25, -0.2) is 9.97 Å².